The molecule has 4 rings (SSSR count). The first kappa shape index (κ1) is 16.8. The largest absolute Gasteiger partial charge is 0.481 e. The molecule has 0 bridgehead atoms. The topological polar surface area (TPSA) is 76.5 Å². The Morgan fingerprint density at radius 2 is 1.81 bits per heavy atom. The van der Waals surface area contributed by atoms with E-state index in [9.17, 15) is 14.3 Å². The number of para-hydroxylation sites is 2. The number of halogens is 1. The quantitative estimate of drug-likeness (QED) is 0.524. The van der Waals surface area contributed by atoms with E-state index in [-0.39, 0.29) is 12.3 Å². The van der Waals surface area contributed by atoms with Crippen molar-refractivity contribution in [3.05, 3.63) is 78.1 Å². The lowest BCUT2D eigenvalue weighted by Gasteiger charge is -2.00. The van der Waals surface area contributed by atoms with Crippen molar-refractivity contribution in [1.29, 1.82) is 0 Å². The highest BCUT2D eigenvalue weighted by Gasteiger charge is 2.16. The molecule has 4 aromatic rings. The summed E-state index contributed by atoms with van der Waals surface area (Å²) in [4.78, 5) is 15.6. The molecule has 6 heteroatoms. The second-order valence-electron chi connectivity index (χ2n) is 5.91. The van der Waals surface area contributed by atoms with Crippen molar-refractivity contribution in [2.75, 3.05) is 0 Å². The molecule has 2 heterocycles. The minimum Gasteiger partial charge on any atom is -0.481 e. The van der Waals surface area contributed by atoms with Crippen molar-refractivity contribution < 1.29 is 23.1 Å². The van der Waals surface area contributed by atoms with Crippen LogP contribution in [-0.4, -0.2) is 16.1 Å². The molecule has 0 aliphatic carbocycles. The average molecular weight is 363 g/mol. The van der Waals surface area contributed by atoms with Gasteiger partial charge in [-0.3, -0.25) is 4.79 Å². The van der Waals surface area contributed by atoms with Crippen LogP contribution in [-0.2, 0) is 4.79 Å². The molecule has 1 N–H and O–H groups in total. The van der Waals surface area contributed by atoms with Crippen LogP contribution < -0.4 is 0 Å². The van der Waals surface area contributed by atoms with Gasteiger partial charge in [-0.05, 0) is 42.5 Å². The van der Waals surface area contributed by atoms with Crippen LogP contribution in [0.4, 0.5) is 4.39 Å². The summed E-state index contributed by atoms with van der Waals surface area (Å²) in [5.74, 6) is -0.475. The number of hydrogen-bond donors (Lipinski definition) is 1. The molecular formula is C21H14FNO4. The van der Waals surface area contributed by atoms with Crippen molar-refractivity contribution in [1.82, 2.24) is 4.98 Å². The third-order valence-electron chi connectivity index (χ3n) is 3.99. The van der Waals surface area contributed by atoms with Crippen LogP contribution in [0.1, 0.15) is 18.1 Å². The number of rotatable bonds is 5. The van der Waals surface area contributed by atoms with Crippen LogP contribution in [0.15, 0.2) is 69.5 Å². The number of aromatic nitrogens is 1. The first-order valence-electron chi connectivity index (χ1n) is 8.23. The molecule has 134 valence electrons. The molecule has 0 radical (unpaired) electrons. The van der Waals surface area contributed by atoms with Gasteiger partial charge in [0.25, 0.3) is 0 Å². The van der Waals surface area contributed by atoms with Crippen molar-refractivity contribution in [2.24, 2.45) is 0 Å². The van der Waals surface area contributed by atoms with Crippen LogP contribution >= 0.6 is 0 Å². The molecule has 0 aliphatic heterocycles. The van der Waals surface area contributed by atoms with E-state index in [4.69, 9.17) is 8.83 Å². The summed E-state index contributed by atoms with van der Waals surface area (Å²) < 4.78 is 25.3. The maximum absolute atomic E-state index is 13.9. The zero-order valence-electron chi connectivity index (χ0n) is 14.1. The number of benzene rings is 2. The average Bonchev–Trinajstić information content (AvgIpc) is 3.28. The SMILES string of the molecule is O=C(O)C/C(=C\c1ccc(-c2ccccc2F)o1)c1nc2ccccc2o1. The smallest absolute Gasteiger partial charge is 0.308 e. The standard InChI is InChI=1S/C21H14FNO4/c22-16-6-2-1-5-15(16)18-10-9-14(26-18)11-13(12-20(24)25)21-23-17-7-3-4-8-19(17)27-21/h1-11H,12H2,(H,24,25)/b13-11+. The number of carbonyl (C=O) groups is 1. The molecule has 0 spiro atoms. The highest BCUT2D eigenvalue weighted by atomic mass is 19.1. The summed E-state index contributed by atoms with van der Waals surface area (Å²) in [7, 11) is 0. The lowest BCUT2D eigenvalue weighted by Crippen LogP contribution is -1.97. The molecule has 0 fully saturated rings. The predicted octanol–water partition coefficient (Wildman–Crippen LogP) is 5.24. The molecule has 0 amide bonds. The molecular weight excluding hydrogens is 349 g/mol. The molecule has 0 unspecified atom stereocenters. The molecule has 2 aromatic carbocycles. The van der Waals surface area contributed by atoms with Gasteiger partial charge < -0.3 is 13.9 Å². The zero-order valence-corrected chi connectivity index (χ0v) is 14.1. The molecule has 5 nitrogen and oxygen atoms in total. The van der Waals surface area contributed by atoms with E-state index in [0.29, 0.717) is 33.8 Å². The minimum absolute atomic E-state index is 0.211. The van der Waals surface area contributed by atoms with Crippen LogP contribution in [0.3, 0.4) is 0 Å². The molecule has 0 atom stereocenters. The van der Waals surface area contributed by atoms with Crippen molar-refractivity contribution >= 4 is 28.7 Å². The van der Waals surface area contributed by atoms with Crippen LogP contribution in [0.25, 0.3) is 34.1 Å². The Bertz CT molecular complexity index is 1120. The van der Waals surface area contributed by atoms with E-state index in [1.54, 1.807) is 48.5 Å². The Hall–Kier alpha value is -3.67. The monoisotopic (exact) mass is 363 g/mol. The molecule has 2 aromatic heterocycles. The van der Waals surface area contributed by atoms with Crippen LogP contribution in [0, 0.1) is 5.82 Å². The lowest BCUT2D eigenvalue weighted by atomic mass is 10.1. The van der Waals surface area contributed by atoms with Gasteiger partial charge in [0.15, 0.2) is 5.58 Å². The summed E-state index contributed by atoms with van der Waals surface area (Å²) in [5.41, 5.74) is 1.89. The first-order valence-corrected chi connectivity index (χ1v) is 8.23. The van der Waals surface area contributed by atoms with E-state index >= 15 is 0 Å². The Balaban J connectivity index is 1.73. The number of fused-ring (bicyclic) bond motifs is 1. The van der Waals surface area contributed by atoms with E-state index in [1.807, 2.05) is 12.1 Å². The van der Waals surface area contributed by atoms with E-state index in [1.165, 1.54) is 6.07 Å². The fourth-order valence-electron chi connectivity index (χ4n) is 2.77. The van der Waals surface area contributed by atoms with Gasteiger partial charge >= 0.3 is 5.97 Å². The number of nitrogens with zero attached hydrogens (tertiary/aromatic N) is 1. The van der Waals surface area contributed by atoms with Crippen LogP contribution in [0.2, 0.25) is 0 Å². The van der Waals surface area contributed by atoms with Crippen LogP contribution in [0.5, 0.6) is 0 Å². The lowest BCUT2D eigenvalue weighted by molar-refractivity contribution is -0.135. The van der Waals surface area contributed by atoms with E-state index in [2.05, 4.69) is 4.98 Å². The van der Waals surface area contributed by atoms with Gasteiger partial charge in [-0.25, -0.2) is 9.37 Å². The van der Waals surface area contributed by atoms with Crippen molar-refractivity contribution in [3.63, 3.8) is 0 Å². The normalized spacial score (nSPS) is 11.8. The van der Waals surface area contributed by atoms with Gasteiger partial charge in [0.05, 0.1) is 12.0 Å². The number of furan rings is 1. The van der Waals surface area contributed by atoms with Gasteiger partial charge in [0.1, 0.15) is 22.9 Å². The maximum atomic E-state index is 13.9. The maximum Gasteiger partial charge on any atom is 0.308 e. The summed E-state index contributed by atoms with van der Waals surface area (Å²) in [5, 5.41) is 9.23. The Morgan fingerprint density at radius 3 is 2.59 bits per heavy atom. The van der Waals surface area contributed by atoms with Gasteiger partial charge in [-0.15, -0.1) is 0 Å². The molecule has 27 heavy (non-hydrogen) atoms. The van der Waals surface area contributed by atoms with E-state index < -0.39 is 11.8 Å². The van der Waals surface area contributed by atoms with Gasteiger partial charge in [0, 0.05) is 5.57 Å². The number of carboxylic acid groups (broad SMARTS) is 1. The Labute approximate surface area is 153 Å². The second-order valence-corrected chi connectivity index (χ2v) is 5.91. The molecule has 0 saturated heterocycles. The summed E-state index contributed by atoms with van der Waals surface area (Å²) in [6, 6.07) is 16.7. The van der Waals surface area contributed by atoms with Gasteiger partial charge in [-0.1, -0.05) is 24.3 Å². The number of carboxylic acids is 1. The van der Waals surface area contributed by atoms with Gasteiger partial charge in [-0.2, -0.15) is 0 Å². The highest BCUT2D eigenvalue weighted by Crippen LogP contribution is 2.29. The highest BCUT2D eigenvalue weighted by molar-refractivity contribution is 5.90. The fourth-order valence-corrected chi connectivity index (χ4v) is 2.77. The first-order chi connectivity index (χ1) is 13.1. The molecule has 0 saturated carbocycles. The number of hydrogen-bond acceptors (Lipinski definition) is 4. The third-order valence-corrected chi connectivity index (χ3v) is 3.99. The Kier molecular flexibility index (Phi) is 4.30. The summed E-state index contributed by atoms with van der Waals surface area (Å²) in [6.45, 7) is 0. The zero-order chi connectivity index (χ0) is 18.8. The van der Waals surface area contributed by atoms with E-state index in [0.717, 1.165) is 0 Å². The third kappa shape index (κ3) is 3.50. The van der Waals surface area contributed by atoms with Gasteiger partial charge in [0.2, 0.25) is 5.89 Å². The second kappa shape index (κ2) is 6.92. The summed E-state index contributed by atoms with van der Waals surface area (Å²) in [6.07, 6.45) is 1.26. The van der Waals surface area contributed by atoms with Crippen molar-refractivity contribution in [2.45, 2.75) is 6.42 Å². The summed E-state index contributed by atoms with van der Waals surface area (Å²) >= 11 is 0. The van der Waals surface area contributed by atoms with Crippen molar-refractivity contribution in [3.8, 4) is 11.3 Å². The number of oxazole rings is 1. The Morgan fingerprint density at radius 1 is 1.04 bits per heavy atom. The minimum atomic E-state index is -1.02. The molecule has 0 aliphatic rings. The predicted molar refractivity (Wildman–Crippen MR) is 98.2 cm³/mol. The fraction of sp³-hybridized carbons (Fsp3) is 0.0476. The number of aliphatic carboxylic acids is 1.